The minimum atomic E-state index is 0.652. The Kier molecular flexibility index (Phi) is 5.44. The van der Waals surface area contributed by atoms with Crippen LogP contribution in [0.4, 0.5) is 0 Å². The van der Waals surface area contributed by atoms with Crippen molar-refractivity contribution >= 4 is 0 Å². The van der Waals surface area contributed by atoms with Gasteiger partial charge in [-0.2, -0.15) is 0 Å². The molecule has 3 aliphatic heterocycles. The van der Waals surface area contributed by atoms with Gasteiger partial charge >= 0.3 is 0 Å². The number of ether oxygens (including phenoxy) is 3. The Balaban J connectivity index is 1.45. The molecule has 0 radical (unpaired) electrons. The Morgan fingerprint density at radius 2 is 1.72 bits per heavy atom. The van der Waals surface area contributed by atoms with Crippen LogP contribution in [0.2, 0.25) is 0 Å². The average Bonchev–Trinajstić information content (AvgIpc) is 2.65. The van der Waals surface area contributed by atoms with E-state index < -0.39 is 0 Å². The zero-order valence-corrected chi connectivity index (χ0v) is 15.3. The zero-order chi connectivity index (χ0) is 17.1. The molecule has 3 aliphatic rings. The summed E-state index contributed by atoms with van der Waals surface area (Å²) in [6, 6.07) is 4.99. The maximum atomic E-state index is 5.79. The summed E-state index contributed by atoms with van der Waals surface area (Å²) in [5.74, 6) is 1.81. The van der Waals surface area contributed by atoms with Gasteiger partial charge in [-0.3, -0.25) is 9.80 Å². The number of benzene rings is 1. The van der Waals surface area contributed by atoms with Gasteiger partial charge in [0.1, 0.15) is 13.2 Å². The SMILES string of the molecule is Cc1cc2c(cc1CN1CCCCC1CN1CCOCC1)OCCO2. The van der Waals surface area contributed by atoms with Crippen LogP contribution in [-0.4, -0.2) is 68.4 Å². The van der Waals surface area contributed by atoms with E-state index in [1.807, 2.05) is 0 Å². The van der Waals surface area contributed by atoms with Crippen molar-refractivity contribution in [3.05, 3.63) is 23.3 Å². The van der Waals surface area contributed by atoms with E-state index in [4.69, 9.17) is 14.2 Å². The molecule has 0 amide bonds. The van der Waals surface area contributed by atoms with Crippen LogP contribution in [0.3, 0.4) is 0 Å². The van der Waals surface area contributed by atoms with E-state index in [0.29, 0.717) is 19.3 Å². The van der Waals surface area contributed by atoms with Gasteiger partial charge in [0.25, 0.3) is 0 Å². The van der Waals surface area contributed by atoms with Crippen LogP contribution < -0.4 is 9.47 Å². The molecular weight excluding hydrogens is 316 g/mol. The van der Waals surface area contributed by atoms with Crippen molar-refractivity contribution in [1.29, 1.82) is 0 Å². The second-order valence-corrected chi connectivity index (χ2v) is 7.46. The Morgan fingerprint density at radius 3 is 2.52 bits per heavy atom. The summed E-state index contributed by atoms with van der Waals surface area (Å²) in [6.45, 7) is 10.8. The number of rotatable bonds is 4. The lowest BCUT2D eigenvalue weighted by Gasteiger charge is -2.40. The Bertz CT molecular complexity index is 587. The van der Waals surface area contributed by atoms with Crippen molar-refractivity contribution in [2.24, 2.45) is 0 Å². The molecule has 25 heavy (non-hydrogen) atoms. The lowest BCUT2D eigenvalue weighted by atomic mass is 9.99. The highest BCUT2D eigenvalue weighted by Crippen LogP contribution is 2.34. The molecule has 0 bridgehead atoms. The van der Waals surface area contributed by atoms with Crippen LogP contribution in [0, 0.1) is 6.92 Å². The fourth-order valence-electron chi connectivity index (χ4n) is 4.18. The summed E-state index contributed by atoms with van der Waals surface area (Å²) < 4.78 is 17.0. The minimum absolute atomic E-state index is 0.652. The zero-order valence-electron chi connectivity index (χ0n) is 15.3. The molecular formula is C20H30N2O3. The summed E-state index contributed by atoms with van der Waals surface area (Å²) in [7, 11) is 0. The summed E-state index contributed by atoms with van der Waals surface area (Å²) >= 11 is 0. The van der Waals surface area contributed by atoms with Gasteiger partial charge in [0, 0.05) is 32.2 Å². The maximum absolute atomic E-state index is 5.79. The topological polar surface area (TPSA) is 34.2 Å². The molecule has 4 rings (SSSR count). The van der Waals surface area contributed by atoms with Gasteiger partial charge in [-0.15, -0.1) is 0 Å². The average molecular weight is 346 g/mol. The van der Waals surface area contributed by atoms with E-state index in [1.54, 1.807) is 0 Å². The molecule has 0 saturated carbocycles. The predicted octanol–water partition coefficient (Wildman–Crippen LogP) is 2.45. The highest BCUT2D eigenvalue weighted by molar-refractivity contribution is 5.47. The summed E-state index contributed by atoms with van der Waals surface area (Å²) in [5.41, 5.74) is 2.68. The molecule has 2 fully saturated rings. The normalized spacial score (nSPS) is 25.1. The van der Waals surface area contributed by atoms with E-state index in [-0.39, 0.29) is 0 Å². The van der Waals surface area contributed by atoms with Gasteiger partial charge in [-0.05, 0) is 49.6 Å². The molecule has 5 heteroatoms. The van der Waals surface area contributed by atoms with E-state index in [0.717, 1.165) is 44.3 Å². The third-order valence-corrected chi connectivity index (χ3v) is 5.70. The smallest absolute Gasteiger partial charge is 0.161 e. The van der Waals surface area contributed by atoms with E-state index in [1.165, 1.54) is 43.5 Å². The third kappa shape index (κ3) is 4.10. The molecule has 3 heterocycles. The Hall–Kier alpha value is -1.30. The largest absolute Gasteiger partial charge is 0.486 e. The van der Waals surface area contributed by atoms with Crippen LogP contribution in [0.5, 0.6) is 11.5 Å². The molecule has 1 aromatic carbocycles. The molecule has 0 N–H and O–H groups in total. The fraction of sp³-hybridized carbons (Fsp3) is 0.700. The van der Waals surface area contributed by atoms with Crippen molar-refractivity contribution in [3.8, 4) is 11.5 Å². The Labute approximate surface area is 150 Å². The minimum Gasteiger partial charge on any atom is -0.486 e. The number of nitrogens with zero attached hydrogens (tertiary/aromatic N) is 2. The molecule has 5 nitrogen and oxygen atoms in total. The summed E-state index contributed by atoms with van der Waals surface area (Å²) in [4.78, 5) is 5.25. The second kappa shape index (κ2) is 7.94. The lowest BCUT2D eigenvalue weighted by Crippen LogP contribution is -2.49. The molecule has 1 unspecified atom stereocenters. The summed E-state index contributed by atoms with van der Waals surface area (Å²) in [6.07, 6.45) is 3.97. The van der Waals surface area contributed by atoms with Gasteiger partial charge in [0.05, 0.1) is 13.2 Å². The number of morpholine rings is 1. The van der Waals surface area contributed by atoms with E-state index in [9.17, 15) is 0 Å². The number of hydrogen-bond donors (Lipinski definition) is 0. The monoisotopic (exact) mass is 346 g/mol. The van der Waals surface area contributed by atoms with Crippen molar-refractivity contribution in [3.63, 3.8) is 0 Å². The number of likely N-dealkylation sites (tertiary alicyclic amines) is 1. The van der Waals surface area contributed by atoms with Gasteiger partial charge in [-0.1, -0.05) is 6.42 Å². The van der Waals surface area contributed by atoms with Crippen molar-refractivity contribution in [2.75, 3.05) is 52.6 Å². The van der Waals surface area contributed by atoms with Gasteiger partial charge in [0.2, 0.25) is 0 Å². The van der Waals surface area contributed by atoms with Crippen molar-refractivity contribution < 1.29 is 14.2 Å². The lowest BCUT2D eigenvalue weighted by molar-refractivity contribution is 0.0152. The molecule has 2 saturated heterocycles. The van der Waals surface area contributed by atoms with Gasteiger partial charge < -0.3 is 14.2 Å². The summed E-state index contributed by atoms with van der Waals surface area (Å²) in [5, 5.41) is 0. The van der Waals surface area contributed by atoms with Gasteiger partial charge in [-0.25, -0.2) is 0 Å². The number of fused-ring (bicyclic) bond motifs is 1. The van der Waals surface area contributed by atoms with Gasteiger partial charge in [0.15, 0.2) is 11.5 Å². The number of hydrogen-bond acceptors (Lipinski definition) is 5. The van der Waals surface area contributed by atoms with Crippen molar-refractivity contribution in [2.45, 2.75) is 38.8 Å². The highest BCUT2D eigenvalue weighted by atomic mass is 16.6. The molecule has 0 aromatic heterocycles. The molecule has 0 aliphatic carbocycles. The fourth-order valence-corrected chi connectivity index (χ4v) is 4.18. The first-order chi connectivity index (χ1) is 12.3. The maximum Gasteiger partial charge on any atom is 0.161 e. The van der Waals surface area contributed by atoms with Crippen LogP contribution in [0.1, 0.15) is 30.4 Å². The van der Waals surface area contributed by atoms with Crippen LogP contribution in [-0.2, 0) is 11.3 Å². The first kappa shape index (κ1) is 17.1. The highest BCUT2D eigenvalue weighted by Gasteiger charge is 2.26. The first-order valence-electron chi connectivity index (χ1n) is 9.73. The number of piperidine rings is 1. The second-order valence-electron chi connectivity index (χ2n) is 7.46. The van der Waals surface area contributed by atoms with E-state index >= 15 is 0 Å². The molecule has 0 spiro atoms. The number of aryl methyl sites for hydroxylation is 1. The van der Waals surface area contributed by atoms with E-state index in [2.05, 4.69) is 28.9 Å². The standard InChI is InChI=1S/C20H30N2O3/c1-16-12-19-20(25-11-10-24-19)13-17(16)14-22-5-3-2-4-18(22)15-21-6-8-23-9-7-21/h12-13,18H,2-11,14-15H2,1H3. The quantitative estimate of drug-likeness (QED) is 0.837. The molecule has 1 atom stereocenters. The van der Waals surface area contributed by atoms with Crippen LogP contribution >= 0.6 is 0 Å². The third-order valence-electron chi connectivity index (χ3n) is 5.70. The molecule has 138 valence electrons. The predicted molar refractivity (Wildman–Crippen MR) is 97.5 cm³/mol. The molecule has 1 aromatic rings. The first-order valence-corrected chi connectivity index (χ1v) is 9.73. The van der Waals surface area contributed by atoms with Crippen LogP contribution in [0.25, 0.3) is 0 Å². The Morgan fingerprint density at radius 1 is 0.960 bits per heavy atom. The van der Waals surface area contributed by atoms with Crippen molar-refractivity contribution in [1.82, 2.24) is 9.80 Å². The van der Waals surface area contributed by atoms with Crippen LogP contribution in [0.15, 0.2) is 12.1 Å².